The van der Waals surface area contributed by atoms with E-state index in [1.165, 1.54) is 12.4 Å². The Morgan fingerprint density at radius 3 is 2.49 bits per heavy atom. The summed E-state index contributed by atoms with van der Waals surface area (Å²) >= 11 is 0. The molecule has 0 bridgehead atoms. The highest BCUT2D eigenvalue weighted by atomic mass is 32.2. The average molecular weight is 498 g/mol. The maximum Gasteiger partial charge on any atom is 0.269 e. The number of aryl methyl sites for hydroxylation is 1. The Morgan fingerprint density at radius 1 is 1.11 bits per heavy atom. The van der Waals surface area contributed by atoms with Crippen molar-refractivity contribution in [2.45, 2.75) is 64.7 Å². The number of nitrogens with zero attached hydrogens (tertiary/aromatic N) is 3. The van der Waals surface area contributed by atoms with Crippen LogP contribution in [0.3, 0.4) is 0 Å². The van der Waals surface area contributed by atoms with Crippen LogP contribution in [-0.4, -0.2) is 28.3 Å². The summed E-state index contributed by atoms with van der Waals surface area (Å²) in [7, 11) is -3.79. The molecule has 2 heterocycles. The molecular weight excluding hydrogens is 462 g/mol. The summed E-state index contributed by atoms with van der Waals surface area (Å²) in [6, 6.07) is 8.28. The Balaban J connectivity index is 1.46. The van der Waals surface area contributed by atoms with E-state index in [4.69, 9.17) is 0 Å². The van der Waals surface area contributed by atoms with E-state index in [0.717, 1.165) is 41.6 Å². The van der Waals surface area contributed by atoms with E-state index in [9.17, 15) is 13.2 Å². The molecule has 9 heteroatoms. The topological polar surface area (TPSA) is 106 Å². The fourth-order valence-electron chi connectivity index (χ4n) is 5.46. The Kier molecular flexibility index (Phi) is 7.44. The monoisotopic (exact) mass is 497 g/mol. The number of aromatic nitrogens is 3. The van der Waals surface area contributed by atoms with Crippen LogP contribution in [-0.2, 0) is 14.8 Å². The predicted molar refractivity (Wildman–Crippen MR) is 137 cm³/mol. The minimum atomic E-state index is -3.79. The average Bonchev–Trinajstić information content (AvgIpc) is 3.48. The molecule has 3 aromatic rings. The fourth-order valence-corrected chi connectivity index (χ4v) is 6.76. The Bertz CT molecular complexity index is 1280. The number of carbonyl (C=O) groups excluding carboxylic acids is 1. The zero-order valence-electron chi connectivity index (χ0n) is 20.9. The maximum atomic E-state index is 13.1. The van der Waals surface area contributed by atoms with Crippen molar-refractivity contribution in [1.82, 2.24) is 19.4 Å². The van der Waals surface area contributed by atoms with Crippen LogP contribution in [0.1, 0.15) is 58.4 Å². The summed E-state index contributed by atoms with van der Waals surface area (Å²) in [5, 5.41) is 0. The minimum Gasteiger partial charge on any atom is -0.281 e. The Labute approximate surface area is 207 Å². The molecule has 3 unspecified atom stereocenters. The first-order valence-corrected chi connectivity index (χ1v) is 13.9. The van der Waals surface area contributed by atoms with Gasteiger partial charge in [-0.2, -0.15) is 0 Å². The molecule has 1 fully saturated rings. The molecule has 0 spiro atoms. The summed E-state index contributed by atoms with van der Waals surface area (Å²) < 4.78 is 27.3. The van der Waals surface area contributed by atoms with Crippen molar-refractivity contribution in [3.63, 3.8) is 0 Å². The van der Waals surface area contributed by atoms with E-state index in [2.05, 4.69) is 41.6 Å². The lowest BCUT2D eigenvalue weighted by atomic mass is 9.86. The van der Waals surface area contributed by atoms with Gasteiger partial charge in [0.1, 0.15) is 5.52 Å². The van der Waals surface area contributed by atoms with Crippen LogP contribution in [0.2, 0.25) is 0 Å². The molecule has 1 amide bonds. The van der Waals surface area contributed by atoms with Gasteiger partial charge >= 0.3 is 0 Å². The van der Waals surface area contributed by atoms with Gasteiger partial charge in [0, 0.05) is 12.1 Å². The molecule has 0 saturated heterocycles. The van der Waals surface area contributed by atoms with Crippen LogP contribution in [0.5, 0.6) is 0 Å². The predicted octanol–water partition coefficient (Wildman–Crippen LogP) is 4.91. The van der Waals surface area contributed by atoms with Gasteiger partial charge in [0.05, 0.1) is 11.1 Å². The van der Waals surface area contributed by atoms with Gasteiger partial charge in [-0.05, 0) is 55.7 Å². The highest BCUT2D eigenvalue weighted by Crippen LogP contribution is 2.43. The summed E-state index contributed by atoms with van der Waals surface area (Å²) in [5.74, 6) is 1.97. The van der Waals surface area contributed by atoms with E-state index in [-0.39, 0.29) is 22.4 Å². The first-order valence-electron chi connectivity index (χ1n) is 12.5. The second-order valence-electron chi connectivity index (χ2n) is 9.59. The van der Waals surface area contributed by atoms with Crippen molar-refractivity contribution < 1.29 is 13.2 Å². The number of hydrogen-bond acceptors (Lipinski definition) is 6. The molecule has 1 aromatic carbocycles. The Morgan fingerprint density at radius 2 is 1.83 bits per heavy atom. The van der Waals surface area contributed by atoms with Gasteiger partial charge in [-0.25, -0.2) is 22.4 Å². The van der Waals surface area contributed by atoms with E-state index in [0.29, 0.717) is 29.1 Å². The van der Waals surface area contributed by atoms with Crippen molar-refractivity contribution in [3.05, 3.63) is 48.3 Å². The number of anilines is 1. The quantitative estimate of drug-likeness (QED) is 0.407. The van der Waals surface area contributed by atoms with Crippen LogP contribution >= 0.6 is 0 Å². The molecule has 3 atom stereocenters. The zero-order valence-corrected chi connectivity index (χ0v) is 21.7. The van der Waals surface area contributed by atoms with Crippen LogP contribution in [0.15, 0.2) is 47.6 Å². The standard InChI is InChI=1S/C26H35N5O3S/c1-5-18(6-2)20-14-19(7-3)22(15-20)26(32)30-29-24-16-27-25-23(28-24)12-13-31(25)35(33,34)21-10-8-17(4)9-11-21/h8-13,16,18-20,22H,5-7,14-15H2,1-4H3,(H,28,29)(H,30,32). The lowest BCUT2D eigenvalue weighted by Crippen LogP contribution is -2.37. The van der Waals surface area contributed by atoms with Crippen molar-refractivity contribution in [2.24, 2.45) is 23.7 Å². The third kappa shape index (κ3) is 5.05. The van der Waals surface area contributed by atoms with Gasteiger partial charge in [0.25, 0.3) is 10.0 Å². The first-order chi connectivity index (χ1) is 16.8. The summed E-state index contributed by atoms with van der Waals surface area (Å²) in [5.41, 5.74) is 7.33. The lowest BCUT2D eigenvalue weighted by Gasteiger charge is -2.20. The van der Waals surface area contributed by atoms with Gasteiger partial charge < -0.3 is 0 Å². The van der Waals surface area contributed by atoms with Crippen LogP contribution in [0.25, 0.3) is 11.2 Å². The number of hydrogen-bond donors (Lipinski definition) is 2. The molecule has 4 rings (SSSR count). The van der Waals surface area contributed by atoms with Crippen molar-refractivity contribution >= 4 is 32.9 Å². The third-order valence-electron chi connectivity index (χ3n) is 7.56. The van der Waals surface area contributed by atoms with E-state index >= 15 is 0 Å². The lowest BCUT2D eigenvalue weighted by molar-refractivity contribution is -0.125. The normalized spacial score (nSPS) is 20.4. The molecule has 0 aliphatic heterocycles. The molecule has 1 aliphatic rings. The highest BCUT2D eigenvalue weighted by molar-refractivity contribution is 7.90. The summed E-state index contributed by atoms with van der Waals surface area (Å²) in [6.45, 7) is 8.53. The molecule has 188 valence electrons. The SMILES string of the molecule is CCC(CC)C1CC(CC)C(C(=O)NNc2cnc3c(ccn3S(=O)(=O)c3ccc(C)cc3)n2)C1. The van der Waals surface area contributed by atoms with Crippen molar-refractivity contribution in [3.8, 4) is 0 Å². The van der Waals surface area contributed by atoms with Crippen molar-refractivity contribution in [1.29, 1.82) is 0 Å². The first kappa shape index (κ1) is 25.2. The largest absolute Gasteiger partial charge is 0.281 e. The number of fused-ring (bicyclic) bond motifs is 1. The van der Waals surface area contributed by atoms with E-state index in [1.54, 1.807) is 30.3 Å². The molecule has 0 radical (unpaired) electrons. The van der Waals surface area contributed by atoms with Gasteiger partial charge in [0.15, 0.2) is 11.5 Å². The number of carbonyl (C=O) groups is 1. The third-order valence-corrected chi connectivity index (χ3v) is 9.24. The van der Waals surface area contributed by atoms with Crippen LogP contribution in [0.4, 0.5) is 5.82 Å². The fraction of sp³-hybridized carbons (Fsp3) is 0.500. The van der Waals surface area contributed by atoms with Gasteiger partial charge in [-0.1, -0.05) is 57.7 Å². The second-order valence-corrected chi connectivity index (χ2v) is 11.4. The minimum absolute atomic E-state index is 0.0180. The number of nitrogens with one attached hydrogen (secondary N) is 2. The number of hydrazine groups is 1. The summed E-state index contributed by atoms with van der Waals surface area (Å²) in [4.78, 5) is 22.0. The van der Waals surface area contributed by atoms with Gasteiger partial charge in [-0.15, -0.1) is 0 Å². The van der Waals surface area contributed by atoms with Crippen LogP contribution in [0, 0.1) is 30.6 Å². The zero-order chi connectivity index (χ0) is 25.2. The molecule has 8 nitrogen and oxygen atoms in total. The number of amides is 1. The highest BCUT2D eigenvalue weighted by Gasteiger charge is 2.39. The molecule has 1 saturated carbocycles. The number of benzene rings is 1. The number of rotatable bonds is 9. The molecular formula is C26H35N5O3S. The van der Waals surface area contributed by atoms with Crippen LogP contribution < -0.4 is 10.9 Å². The smallest absolute Gasteiger partial charge is 0.269 e. The van der Waals surface area contributed by atoms with Crippen molar-refractivity contribution in [2.75, 3.05) is 5.43 Å². The Hall–Kier alpha value is -2.94. The summed E-state index contributed by atoms with van der Waals surface area (Å²) in [6.07, 6.45) is 8.20. The van der Waals surface area contributed by atoms with Gasteiger partial charge in [0.2, 0.25) is 5.91 Å². The van der Waals surface area contributed by atoms with E-state index < -0.39 is 10.0 Å². The maximum absolute atomic E-state index is 13.1. The molecule has 2 N–H and O–H groups in total. The molecule has 35 heavy (non-hydrogen) atoms. The molecule has 1 aliphatic carbocycles. The molecule has 2 aromatic heterocycles. The second kappa shape index (κ2) is 10.4. The van der Waals surface area contributed by atoms with Gasteiger partial charge in [-0.3, -0.25) is 15.6 Å². The van der Waals surface area contributed by atoms with E-state index in [1.807, 2.05) is 6.92 Å².